The van der Waals surface area contributed by atoms with Crippen molar-refractivity contribution in [3.8, 4) is 5.69 Å². The summed E-state index contributed by atoms with van der Waals surface area (Å²) in [5, 5.41) is 5.04. The number of aromatic nitrogens is 2. The molecule has 1 aromatic heterocycles. The van der Waals surface area contributed by atoms with E-state index in [1.54, 1.807) is 4.68 Å². The van der Waals surface area contributed by atoms with E-state index >= 15 is 0 Å². The van der Waals surface area contributed by atoms with Crippen molar-refractivity contribution in [3.05, 3.63) is 45.7 Å². The molecule has 78 valence electrons. The Balaban J connectivity index is 2.44. The molecule has 0 aliphatic rings. The van der Waals surface area contributed by atoms with Gasteiger partial charge in [0.1, 0.15) is 5.15 Å². The van der Waals surface area contributed by atoms with Crippen molar-refractivity contribution in [2.24, 2.45) is 0 Å². The molecule has 0 aliphatic heterocycles. The van der Waals surface area contributed by atoms with Gasteiger partial charge in [0.05, 0.1) is 11.4 Å². The maximum atomic E-state index is 6.09. The largest absolute Gasteiger partial charge is 0.222 e. The molecule has 0 N–H and O–H groups in total. The van der Waals surface area contributed by atoms with E-state index in [1.165, 1.54) is 0 Å². The zero-order valence-corrected chi connectivity index (χ0v) is 10.6. The Morgan fingerprint density at radius 3 is 2.53 bits per heavy atom. The van der Waals surface area contributed by atoms with E-state index in [-0.39, 0.29) is 0 Å². The Morgan fingerprint density at radius 1 is 1.33 bits per heavy atom. The summed E-state index contributed by atoms with van der Waals surface area (Å²) in [5.74, 6) is 0. The number of nitrogens with zero attached hydrogens (tertiary/aromatic N) is 2. The summed E-state index contributed by atoms with van der Waals surface area (Å²) in [6, 6.07) is 9.78. The molecule has 0 saturated heterocycles. The number of hydrogen-bond acceptors (Lipinski definition) is 1. The predicted molar refractivity (Wildman–Crippen MR) is 65.7 cm³/mol. The summed E-state index contributed by atoms with van der Waals surface area (Å²) in [6.07, 6.45) is 0.892. The monoisotopic (exact) mass is 284 g/mol. The smallest absolute Gasteiger partial charge is 0.133 e. The highest BCUT2D eigenvalue weighted by molar-refractivity contribution is 9.10. The zero-order chi connectivity index (χ0) is 10.8. The molecular weight excluding hydrogens is 275 g/mol. The maximum Gasteiger partial charge on any atom is 0.133 e. The molecule has 1 aromatic carbocycles. The van der Waals surface area contributed by atoms with E-state index < -0.39 is 0 Å². The van der Waals surface area contributed by atoms with E-state index in [9.17, 15) is 0 Å². The minimum atomic E-state index is 0.647. The second-order valence-electron chi connectivity index (χ2n) is 3.20. The van der Waals surface area contributed by atoms with Crippen LogP contribution < -0.4 is 0 Å². The van der Waals surface area contributed by atoms with Crippen molar-refractivity contribution in [1.82, 2.24) is 9.78 Å². The van der Waals surface area contributed by atoms with E-state index in [4.69, 9.17) is 11.6 Å². The molecule has 0 spiro atoms. The molecule has 1 heterocycles. The van der Waals surface area contributed by atoms with Crippen LogP contribution in [0, 0.1) is 0 Å². The van der Waals surface area contributed by atoms with Gasteiger partial charge in [-0.15, -0.1) is 0 Å². The van der Waals surface area contributed by atoms with Crippen LogP contribution in [0.2, 0.25) is 5.15 Å². The third kappa shape index (κ3) is 2.24. The summed E-state index contributed by atoms with van der Waals surface area (Å²) in [6.45, 7) is 2.06. The molecule has 0 unspecified atom stereocenters. The lowest BCUT2D eigenvalue weighted by atomic mass is 10.3. The summed E-state index contributed by atoms with van der Waals surface area (Å²) >= 11 is 9.48. The summed E-state index contributed by atoms with van der Waals surface area (Å²) < 4.78 is 2.79. The molecule has 4 heteroatoms. The highest BCUT2D eigenvalue weighted by Crippen LogP contribution is 2.19. The lowest BCUT2D eigenvalue weighted by Crippen LogP contribution is -1.96. The first-order chi connectivity index (χ1) is 7.20. The van der Waals surface area contributed by atoms with Crippen LogP contribution in [0.5, 0.6) is 0 Å². The average molecular weight is 286 g/mol. The summed E-state index contributed by atoms with van der Waals surface area (Å²) in [7, 11) is 0. The van der Waals surface area contributed by atoms with E-state index in [1.807, 2.05) is 30.3 Å². The van der Waals surface area contributed by atoms with E-state index in [2.05, 4.69) is 28.0 Å². The number of hydrogen-bond donors (Lipinski definition) is 0. The van der Waals surface area contributed by atoms with Gasteiger partial charge in [-0.25, -0.2) is 4.68 Å². The quantitative estimate of drug-likeness (QED) is 0.819. The Kier molecular flexibility index (Phi) is 3.12. The normalized spacial score (nSPS) is 10.6. The van der Waals surface area contributed by atoms with Gasteiger partial charge in [-0.2, -0.15) is 5.10 Å². The van der Waals surface area contributed by atoms with Gasteiger partial charge in [-0.05, 0) is 36.8 Å². The van der Waals surface area contributed by atoms with Gasteiger partial charge in [0.2, 0.25) is 0 Å². The van der Waals surface area contributed by atoms with Crippen LogP contribution in [0.25, 0.3) is 5.69 Å². The predicted octanol–water partition coefficient (Wildman–Crippen LogP) is 3.85. The first kappa shape index (κ1) is 10.7. The van der Waals surface area contributed by atoms with E-state index in [0.29, 0.717) is 5.15 Å². The third-order valence-electron chi connectivity index (χ3n) is 2.15. The van der Waals surface area contributed by atoms with Crippen molar-refractivity contribution in [1.29, 1.82) is 0 Å². The Morgan fingerprint density at radius 2 is 2.00 bits per heavy atom. The van der Waals surface area contributed by atoms with E-state index in [0.717, 1.165) is 22.3 Å². The second-order valence-corrected chi connectivity index (χ2v) is 4.50. The molecule has 15 heavy (non-hydrogen) atoms. The molecule has 2 nitrogen and oxygen atoms in total. The first-order valence-corrected chi connectivity index (χ1v) is 5.88. The molecule has 0 amide bonds. The van der Waals surface area contributed by atoms with Crippen LogP contribution in [0.3, 0.4) is 0 Å². The lowest BCUT2D eigenvalue weighted by molar-refractivity contribution is 0.842. The number of aryl methyl sites for hydroxylation is 1. The Bertz CT molecular complexity index is 462. The van der Waals surface area contributed by atoms with Gasteiger partial charge < -0.3 is 0 Å². The fourth-order valence-corrected chi connectivity index (χ4v) is 1.87. The topological polar surface area (TPSA) is 17.8 Å². The number of rotatable bonds is 2. The Labute approximate surface area is 102 Å². The van der Waals surface area contributed by atoms with Gasteiger partial charge in [0.15, 0.2) is 0 Å². The minimum Gasteiger partial charge on any atom is -0.222 e. The van der Waals surface area contributed by atoms with Crippen molar-refractivity contribution >= 4 is 27.5 Å². The molecular formula is C11H10BrClN2. The van der Waals surface area contributed by atoms with Crippen LogP contribution in [-0.4, -0.2) is 9.78 Å². The van der Waals surface area contributed by atoms with Crippen LogP contribution in [0.1, 0.15) is 12.6 Å². The van der Waals surface area contributed by atoms with Gasteiger partial charge in [-0.1, -0.05) is 34.5 Å². The molecule has 0 fully saturated rings. The van der Waals surface area contributed by atoms with Crippen molar-refractivity contribution in [2.45, 2.75) is 13.3 Å². The molecule has 0 bridgehead atoms. The third-order valence-corrected chi connectivity index (χ3v) is 2.95. The van der Waals surface area contributed by atoms with Gasteiger partial charge in [0.25, 0.3) is 0 Å². The van der Waals surface area contributed by atoms with Crippen LogP contribution in [0.4, 0.5) is 0 Å². The Hall–Kier alpha value is -0.800. The van der Waals surface area contributed by atoms with Gasteiger partial charge >= 0.3 is 0 Å². The second kappa shape index (κ2) is 4.37. The van der Waals surface area contributed by atoms with Crippen LogP contribution >= 0.6 is 27.5 Å². The van der Waals surface area contributed by atoms with Crippen molar-refractivity contribution in [2.75, 3.05) is 0 Å². The highest BCUT2D eigenvalue weighted by Gasteiger charge is 2.05. The SMILES string of the molecule is CCc1cc(Cl)n(-c2ccc(Br)cc2)n1. The van der Waals surface area contributed by atoms with Crippen molar-refractivity contribution < 1.29 is 0 Å². The van der Waals surface area contributed by atoms with Crippen molar-refractivity contribution in [3.63, 3.8) is 0 Å². The lowest BCUT2D eigenvalue weighted by Gasteiger charge is -2.02. The molecule has 2 rings (SSSR count). The molecule has 0 atom stereocenters. The van der Waals surface area contributed by atoms with Gasteiger partial charge in [-0.3, -0.25) is 0 Å². The number of halogens is 2. The van der Waals surface area contributed by atoms with Crippen LogP contribution in [0.15, 0.2) is 34.8 Å². The zero-order valence-electron chi connectivity index (χ0n) is 8.24. The molecule has 2 aromatic rings. The van der Waals surface area contributed by atoms with Gasteiger partial charge in [0, 0.05) is 4.47 Å². The summed E-state index contributed by atoms with van der Waals surface area (Å²) in [5.41, 5.74) is 1.98. The molecule has 0 saturated carbocycles. The maximum absolute atomic E-state index is 6.09. The fraction of sp³-hybridized carbons (Fsp3) is 0.182. The minimum absolute atomic E-state index is 0.647. The average Bonchev–Trinajstić information content (AvgIpc) is 2.61. The first-order valence-electron chi connectivity index (χ1n) is 4.71. The fourth-order valence-electron chi connectivity index (χ4n) is 1.34. The molecule has 0 aliphatic carbocycles. The van der Waals surface area contributed by atoms with Crippen LogP contribution in [-0.2, 0) is 6.42 Å². The molecule has 0 radical (unpaired) electrons. The standard InChI is InChI=1S/C11H10BrClN2/c1-2-9-7-11(13)15(14-9)10-5-3-8(12)4-6-10/h3-7H,2H2,1H3. The number of benzene rings is 1. The summed E-state index contributed by atoms with van der Waals surface area (Å²) in [4.78, 5) is 0. The highest BCUT2D eigenvalue weighted by atomic mass is 79.9.